The fourth-order valence-corrected chi connectivity index (χ4v) is 5.01. The lowest BCUT2D eigenvalue weighted by molar-refractivity contribution is -0.193. The van der Waals surface area contributed by atoms with Gasteiger partial charge in [-0.3, -0.25) is 0 Å². The molecule has 0 spiro atoms. The summed E-state index contributed by atoms with van der Waals surface area (Å²) in [6.07, 6.45) is -8.47. The Morgan fingerprint density at radius 3 is 1.89 bits per heavy atom. The number of hydrogen-bond acceptors (Lipinski definition) is 8. The lowest BCUT2D eigenvalue weighted by atomic mass is 10.0. The van der Waals surface area contributed by atoms with Gasteiger partial charge in [-0.1, -0.05) is 42.0 Å². The third-order valence-electron chi connectivity index (χ3n) is 6.20. The highest BCUT2D eigenvalue weighted by Crippen LogP contribution is 2.38. The van der Waals surface area contributed by atoms with E-state index in [9.17, 15) is 26.3 Å². The van der Waals surface area contributed by atoms with E-state index in [4.69, 9.17) is 29.5 Å². The van der Waals surface area contributed by atoms with Crippen LogP contribution in [-0.4, -0.2) is 77.8 Å². The minimum absolute atomic E-state index is 0.910. The summed E-state index contributed by atoms with van der Waals surface area (Å²) in [6.45, 7) is 5.79. The van der Waals surface area contributed by atoms with Gasteiger partial charge in [-0.2, -0.15) is 26.3 Å². The molecule has 2 aromatic carbocycles. The number of carbonyl (C=O) groups is 2. The van der Waals surface area contributed by atoms with Gasteiger partial charge in [0.2, 0.25) is 0 Å². The molecule has 16 heteroatoms. The zero-order chi connectivity index (χ0) is 32.7. The highest BCUT2D eigenvalue weighted by Gasteiger charge is 2.38. The molecule has 0 saturated carbocycles. The third-order valence-corrected chi connectivity index (χ3v) is 7.09. The van der Waals surface area contributed by atoms with Crippen molar-refractivity contribution in [1.82, 2.24) is 9.97 Å². The van der Waals surface area contributed by atoms with E-state index in [0.29, 0.717) is 0 Å². The van der Waals surface area contributed by atoms with Crippen molar-refractivity contribution in [1.29, 1.82) is 0 Å². The number of rotatable bonds is 4. The minimum atomic E-state index is -5.08. The maximum absolute atomic E-state index is 10.6. The van der Waals surface area contributed by atoms with Crippen LogP contribution in [0.3, 0.4) is 0 Å². The SMILES string of the molecule is COc1ccccc1N1CCN(c2ncnc3scc(-c4ccc(C)cc4)c23)CC1.O=C(O)C(F)(F)F.O=C(O)C(F)(F)F. The number of alkyl halides is 6. The molecule has 1 aliphatic heterocycles. The highest BCUT2D eigenvalue weighted by molar-refractivity contribution is 7.17. The van der Waals surface area contributed by atoms with Crippen LogP contribution in [-0.2, 0) is 9.59 Å². The van der Waals surface area contributed by atoms with Crippen LogP contribution in [0.15, 0.2) is 60.2 Å². The predicted molar refractivity (Wildman–Crippen MR) is 152 cm³/mol. The molecule has 0 bridgehead atoms. The predicted octanol–water partition coefficient (Wildman–Crippen LogP) is 6.27. The van der Waals surface area contributed by atoms with Crippen molar-refractivity contribution in [2.24, 2.45) is 0 Å². The van der Waals surface area contributed by atoms with Gasteiger partial charge < -0.3 is 24.7 Å². The first-order valence-electron chi connectivity index (χ1n) is 12.7. The molecule has 0 atom stereocenters. The number of thiophene rings is 1. The molecule has 5 rings (SSSR count). The Bertz CT molecular complexity index is 1550. The molecule has 0 aliphatic carbocycles. The van der Waals surface area contributed by atoms with Gasteiger partial charge >= 0.3 is 24.3 Å². The van der Waals surface area contributed by atoms with E-state index in [0.717, 1.165) is 53.7 Å². The van der Waals surface area contributed by atoms with Crippen LogP contribution in [0.2, 0.25) is 0 Å². The van der Waals surface area contributed by atoms with E-state index in [1.165, 1.54) is 16.7 Å². The van der Waals surface area contributed by atoms with Crippen molar-refractivity contribution in [3.63, 3.8) is 0 Å². The van der Waals surface area contributed by atoms with E-state index in [-0.39, 0.29) is 0 Å². The molecule has 1 aliphatic rings. The summed E-state index contributed by atoms with van der Waals surface area (Å²) in [6, 6.07) is 16.9. The van der Waals surface area contributed by atoms with Crippen LogP contribution in [0, 0.1) is 6.92 Å². The Hall–Kier alpha value is -4.60. The largest absolute Gasteiger partial charge is 0.495 e. The second-order valence-electron chi connectivity index (χ2n) is 9.14. The second-order valence-corrected chi connectivity index (χ2v) is 10.0. The van der Waals surface area contributed by atoms with Crippen LogP contribution in [0.5, 0.6) is 5.75 Å². The number of halogens is 6. The van der Waals surface area contributed by atoms with E-state index in [1.807, 2.05) is 12.1 Å². The van der Waals surface area contributed by atoms with E-state index in [2.05, 4.69) is 63.5 Å². The monoisotopic (exact) mass is 644 g/mol. The molecule has 2 N–H and O–H groups in total. The van der Waals surface area contributed by atoms with Crippen LogP contribution in [0.4, 0.5) is 37.8 Å². The standard InChI is InChI=1S/C24H24N4OS.2C2HF3O2/c1-17-7-9-18(10-8-17)19-15-30-24-22(19)23(25-16-26-24)28-13-11-27(12-14-28)20-5-3-4-6-21(20)29-2;2*3-2(4,5)1(6)7/h3-10,15-16H,11-14H2,1-2H3;2*(H,6,7). The molecule has 1 saturated heterocycles. The topological polar surface area (TPSA) is 116 Å². The van der Waals surface area contributed by atoms with Gasteiger partial charge in [0.15, 0.2) is 0 Å². The van der Waals surface area contributed by atoms with Crippen LogP contribution in [0.25, 0.3) is 21.3 Å². The lowest BCUT2D eigenvalue weighted by Crippen LogP contribution is -2.47. The Morgan fingerprint density at radius 1 is 0.841 bits per heavy atom. The number of carboxylic acids is 2. The van der Waals surface area contributed by atoms with Crippen molar-refractivity contribution in [3.05, 3.63) is 65.8 Å². The van der Waals surface area contributed by atoms with Gasteiger partial charge in [-0.25, -0.2) is 19.6 Å². The van der Waals surface area contributed by atoms with Gasteiger partial charge in [0, 0.05) is 37.1 Å². The number of fused-ring (bicyclic) bond motifs is 1. The van der Waals surface area contributed by atoms with Gasteiger partial charge in [0.1, 0.15) is 22.7 Å². The Kier molecular flexibility index (Phi) is 11.0. The number of ether oxygens (including phenoxy) is 1. The molecule has 1 fully saturated rings. The average molecular weight is 645 g/mol. The number of hydrogen-bond donors (Lipinski definition) is 2. The van der Waals surface area contributed by atoms with Crippen molar-refractivity contribution in [2.45, 2.75) is 19.3 Å². The number of aryl methyl sites for hydroxylation is 1. The number of nitrogens with zero attached hydrogens (tertiary/aromatic N) is 4. The molecular weight excluding hydrogens is 618 g/mol. The molecule has 236 valence electrons. The summed E-state index contributed by atoms with van der Waals surface area (Å²) in [5, 5.41) is 17.6. The maximum atomic E-state index is 10.6. The lowest BCUT2D eigenvalue weighted by Gasteiger charge is -2.37. The van der Waals surface area contributed by atoms with Gasteiger partial charge in [-0.05, 0) is 24.6 Å². The number of piperazine rings is 1. The first-order chi connectivity index (χ1) is 20.6. The fourth-order valence-electron chi connectivity index (χ4n) is 4.09. The third kappa shape index (κ3) is 8.72. The summed E-state index contributed by atoms with van der Waals surface area (Å²) in [7, 11) is 1.73. The number of methoxy groups -OCH3 is 1. The fraction of sp³-hybridized carbons (Fsp3) is 0.286. The first-order valence-corrected chi connectivity index (χ1v) is 13.5. The number of anilines is 2. The second kappa shape index (κ2) is 14.2. The average Bonchev–Trinajstić information content (AvgIpc) is 3.42. The van der Waals surface area contributed by atoms with E-state index in [1.54, 1.807) is 24.8 Å². The van der Waals surface area contributed by atoms with Gasteiger partial charge in [0.25, 0.3) is 0 Å². The van der Waals surface area contributed by atoms with Gasteiger partial charge in [0.05, 0.1) is 18.2 Å². The van der Waals surface area contributed by atoms with E-state index < -0.39 is 24.3 Å². The molecule has 3 heterocycles. The summed E-state index contributed by atoms with van der Waals surface area (Å²) in [5.74, 6) is -3.55. The van der Waals surface area contributed by atoms with E-state index >= 15 is 0 Å². The van der Waals surface area contributed by atoms with Crippen molar-refractivity contribution in [2.75, 3.05) is 43.1 Å². The number of carboxylic acid groups (broad SMARTS) is 2. The van der Waals surface area contributed by atoms with Gasteiger partial charge in [-0.15, -0.1) is 11.3 Å². The summed E-state index contributed by atoms with van der Waals surface area (Å²) in [5.41, 5.74) is 4.86. The quantitative estimate of drug-likeness (QED) is 0.248. The van der Waals surface area contributed by atoms with Crippen LogP contribution >= 0.6 is 11.3 Å². The molecule has 44 heavy (non-hydrogen) atoms. The van der Waals surface area contributed by atoms with Crippen molar-refractivity contribution in [3.8, 4) is 16.9 Å². The smallest absolute Gasteiger partial charge is 0.490 e. The Balaban J connectivity index is 0.000000317. The maximum Gasteiger partial charge on any atom is 0.490 e. The van der Waals surface area contributed by atoms with Crippen LogP contribution in [0.1, 0.15) is 5.56 Å². The summed E-state index contributed by atoms with van der Waals surface area (Å²) >= 11 is 1.69. The molecule has 2 aromatic heterocycles. The number of benzene rings is 2. The highest BCUT2D eigenvalue weighted by atomic mass is 32.1. The minimum Gasteiger partial charge on any atom is -0.495 e. The number of aliphatic carboxylic acids is 2. The zero-order valence-electron chi connectivity index (χ0n) is 23.2. The summed E-state index contributed by atoms with van der Waals surface area (Å²) < 4.78 is 69.0. The van der Waals surface area contributed by atoms with Crippen molar-refractivity contribution >= 4 is 45.0 Å². The number of aromatic nitrogens is 2. The molecule has 0 radical (unpaired) electrons. The number of para-hydroxylation sites is 2. The first kappa shape index (κ1) is 33.9. The Labute approximate surface area is 251 Å². The van der Waals surface area contributed by atoms with Crippen molar-refractivity contribution < 1.29 is 50.9 Å². The summed E-state index contributed by atoms with van der Waals surface area (Å²) in [4.78, 5) is 32.9. The molecule has 0 unspecified atom stereocenters. The molecular formula is C28H26F6N4O5S. The normalized spacial score (nSPS) is 13.4. The molecule has 9 nitrogen and oxygen atoms in total. The molecule has 4 aromatic rings. The zero-order valence-corrected chi connectivity index (χ0v) is 24.0. The molecule has 0 amide bonds. The Morgan fingerprint density at radius 2 is 1.36 bits per heavy atom. The van der Waals surface area contributed by atoms with Crippen LogP contribution < -0.4 is 14.5 Å².